The Morgan fingerprint density at radius 2 is 1.21 bits per heavy atom. The van der Waals surface area contributed by atoms with Crippen molar-refractivity contribution < 1.29 is 14.3 Å². The second-order valence-corrected chi connectivity index (χ2v) is 7.69. The van der Waals surface area contributed by atoms with E-state index in [4.69, 9.17) is 9.47 Å². The molecule has 4 nitrogen and oxygen atoms in total. The zero-order chi connectivity index (χ0) is 22.7. The van der Waals surface area contributed by atoms with Gasteiger partial charge in [0.15, 0.2) is 6.61 Å². The van der Waals surface area contributed by atoms with E-state index < -0.39 is 0 Å². The maximum atomic E-state index is 12.2. The van der Waals surface area contributed by atoms with Crippen LogP contribution in [-0.4, -0.2) is 19.1 Å². The van der Waals surface area contributed by atoms with Crippen LogP contribution >= 0.6 is 0 Å². The van der Waals surface area contributed by atoms with Crippen LogP contribution in [0.1, 0.15) is 12.0 Å². The number of benzene rings is 4. The summed E-state index contributed by atoms with van der Waals surface area (Å²) in [6.45, 7) is 0.597. The van der Waals surface area contributed by atoms with Gasteiger partial charge in [0.05, 0.1) is 6.61 Å². The molecule has 4 rings (SSSR count). The summed E-state index contributed by atoms with van der Waals surface area (Å²) in [5, 5.41) is 2.85. The first kappa shape index (κ1) is 22.2. The third kappa shape index (κ3) is 6.97. The fraction of sp³-hybridized carbons (Fsp3) is 0.138. The number of hydrogen-bond donors (Lipinski definition) is 1. The summed E-state index contributed by atoms with van der Waals surface area (Å²) in [4.78, 5) is 12.2. The smallest absolute Gasteiger partial charge is 0.262 e. The summed E-state index contributed by atoms with van der Waals surface area (Å²) in [5.41, 5.74) is 4.27. The Morgan fingerprint density at radius 3 is 1.91 bits per heavy atom. The number of carbonyl (C=O) groups is 1. The molecule has 0 spiro atoms. The van der Waals surface area contributed by atoms with Crippen LogP contribution in [0.25, 0.3) is 11.1 Å². The molecule has 33 heavy (non-hydrogen) atoms. The molecule has 1 amide bonds. The summed E-state index contributed by atoms with van der Waals surface area (Å²) in [5.74, 6) is 1.23. The van der Waals surface area contributed by atoms with Crippen LogP contribution in [0.3, 0.4) is 0 Å². The number of rotatable bonds is 10. The number of anilines is 1. The van der Waals surface area contributed by atoms with Gasteiger partial charge in [-0.25, -0.2) is 0 Å². The first-order chi connectivity index (χ1) is 16.3. The Kier molecular flexibility index (Phi) is 7.74. The van der Waals surface area contributed by atoms with E-state index in [0.717, 1.165) is 29.7 Å². The number of aryl methyl sites for hydroxylation is 1. The topological polar surface area (TPSA) is 47.6 Å². The van der Waals surface area contributed by atoms with Gasteiger partial charge < -0.3 is 14.8 Å². The van der Waals surface area contributed by atoms with Gasteiger partial charge in [0.2, 0.25) is 0 Å². The fourth-order valence-corrected chi connectivity index (χ4v) is 3.47. The lowest BCUT2D eigenvalue weighted by Gasteiger charge is -2.10. The van der Waals surface area contributed by atoms with Crippen LogP contribution < -0.4 is 14.8 Å². The van der Waals surface area contributed by atoms with E-state index in [9.17, 15) is 4.79 Å². The lowest BCUT2D eigenvalue weighted by Crippen LogP contribution is -2.20. The standard InChI is InChI=1S/C29H27NO3/c31-29(22-33-28-17-13-25(14-18-28)24-11-5-2-6-12-24)30-26-15-19-27(20-16-26)32-21-7-10-23-8-3-1-4-9-23/h1-6,8-9,11-20H,7,10,21-22H2,(H,30,31). The monoisotopic (exact) mass is 437 g/mol. The van der Waals surface area contributed by atoms with E-state index in [-0.39, 0.29) is 12.5 Å². The quantitative estimate of drug-likeness (QED) is 0.293. The molecule has 0 saturated carbocycles. The average molecular weight is 438 g/mol. The SMILES string of the molecule is O=C(COc1ccc(-c2ccccc2)cc1)Nc1ccc(OCCCc2ccccc2)cc1. The van der Waals surface area contributed by atoms with Gasteiger partial charge in [-0.2, -0.15) is 0 Å². The molecule has 0 saturated heterocycles. The van der Waals surface area contributed by atoms with Gasteiger partial charge in [-0.15, -0.1) is 0 Å². The van der Waals surface area contributed by atoms with Gasteiger partial charge in [0.1, 0.15) is 11.5 Å². The van der Waals surface area contributed by atoms with Crippen molar-refractivity contribution in [2.75, 3.05) is 18.5 Å². The van der Waals surface area contributed by atoms with Crippen molar-refractivity contribution in [3.05, 3.63) is 115 Å². The first-order valence-electron chi connectivity index (χ1n) is 11.1. The minimum absolute atomic E-state index is 0.0532. The van der Waals surface area contributed by atoms with Crippen LogP contribution in [0.2, 0.25) is 0 Å². The molecule has 0 aliphatic carbocycles. The summed E-state index contributed by atoms with van der Waals surface area (Å²) in [6, 6.07) is 35.6. The zero-order valence-electron chi connectivity index (χ0n) is 18.4. The third-order valence-electron chi connectivity index (χ3n) is 5.19. The van der Waals surface area contributed by atoms with Gasteiger partial charge in [-0.3, -0.25) is 4.79 Å². The summed E-state index contributed by atoms with van der Waals surface area (Å²) in [7, 11) is 0. The molecular weight excluding hydrogens is 410 g/mol. The highest BCUT2D eigenvalue weighted by atomic mass is 16.5. The molecule has 1 N–H and O–H groups in total. The number of amides is 1. The number of carbonyl (C=O) groups excluding carboxylic acids is 1. The van der Waals surface area contributed by atoms with Crippen molar-refractivity contribution in [1.82, 2.24) is 0 Å². The molecule has 0 radical (unpaired) electrons. The average Bonchev–Trinajstić information content (AvgIpc) is 2.88. The van der Waals surface area contributed by atoms with Gasteiger partial charge in [0.25, 0.3) is 5.91 Å². The van der Waals surface area contributed by atoms with E-state index in [1.165, 1.54) is 5.56 Å². The van der Waals surface area contributed by atoms with Crippen molar-refractivity contribution >= 4 is 11.6 Å². The number of hydrogen-bond acceptors (Lipinski definition) is 3. The van der Waals surface area contributed by atoms with Crippen molar-refractivity contribution in [3.63, 3.8) is 0 Å². The highest BCUT2D eigenvalue weighted by Crippen LogP contribution is 2.22. The molecule has 0 unspecified atom stereocenters. The molecule has 4 aromatic carbocycles. The Bertz CT molecular complexity index is 1130. The van der Waals surface area contributed by atoms with Gasteiger partial charge >= 0.3 is 0 Å². The van der Waals surface area contributed by atoms with E-state index in [1.54, 1.807) is 0 Å². The maximum absolute atomic E-state index is 12.2. The largest absolute Gasteiger partial charge is 0.494 e. The van der Waals surface area contributed by atoms with Crippen LogP contribution in [0.15, 0.2) is 109 Å². The Hall–Kier alpha value is -4.05. The highest BCUT2D eigenvalue weighted by molar-refractivity contribution is 5.91. The molecule has 166 valence electrons. The summed E-state index contributed by atoms with van der Waals surface area (Å²) < 4.78 is 11.4. The minimum Gasteiger partial charge on any atom is -0.494 e. The minimum atomic E-state index is -0.210. The van der Waals surface area contributed by atoms with Crippen molar-refractivity contribution in [2.24, 2.45) is 0 Å². The van der Waals surface area contributed by atoms with Gasteiger partial charge in [-0.1, -0.05) is 72.8 Å². The Morgan fingerprint density at radius 1 is 0.636 bits per heavy atom. The number of ether oxygens (including phenoxy) is 2. The van der Waals surface area contributed by atoms with Crippen molar-refractivity contribution in [2.45, 2.75) is 12.8 Å². The van der Waals surface area contributed by atoms with Crippen molar-refractivity contribution in [3.8, 4) is 22.6 Å². The molecule has 0 atom stereocenters. The van der Waals surface area contributed by atoms with Crippen LogP contribution in [-0.2, 0) is 11.2 Å². The highest BCUT2D eigenvalue weighted by Gasteiger charge is 2.05. The zero-order valence-corrected chi connectivity index (χ0v) is 18.4. The molecule has 0 bridgehead atoms. The van der Waals surface area contributed by atoms with Gasteiger partial charge in [-0.05, 0) is 65.9 Å². The summed E-state index contributed by atoms with van der Waals surface area (Å²) in [6.07, 6.45) is 1.94. The normalized spacial score (nSPS) is 10.4. The van der Waals surface area contributed by atoms with E-state index >= 15 is 0 Å². The molecule has 0 aliphatic rings. The van der Waals surface area contributed by atoms with E-state index in [0.29, 0.717) is 18.0 Å². The molecule has 4 aromatic rings. The maximum Gasteiger partial charge on any atom is 0.262 e. The predicted octanol–water partition coefficient (Wildman–Crippen LogP) is 6.38. The second-order valence-electron chi connectivity index (χ2n) is 7.69. The Labute approximate surface area is 194 Å². The second kappa shape index (κ2) is 11.5. The van der Waals surface area contributed by atoms with Crippen LogP contribution in [0.5, 0.6) is 11.5 Å². The van der Waals surface area contributed by atoms with E-state index in [2.05, 4.69) is 41.7 Å². The van der Waals surface area contributed by atoms with E-state index in [1.807, 2.05) is 72.8 Å². The first-order valence-corrected chi connectivity index (χ1v) is 11.1. The van der Waals surface area contributed by atoms with Crippen LogP contribution in [0.4, 0.5) is 5.69 Å². The molecule has 0 heterocycles. The lowest BCUT2D eigenvalue weighted by molar-refractivity contribution is -0.118. The third-order valence-corrected chi connectivity index (χ3v) is 5.19. The summed E-state index contributed by atoms with van der Waals surface area (Å²) >= 11 is 0. The van der Waals surface area contributed by atoms with Crippen molar-refractivity contribution in [1.29, 1.82) is 0 Å². The molecule has 0 aromatic heterocycles. The predicted molar refractivity (Wildman–Crippen MR) is 133 cm³/mol. The molecular formula is C29H27NO3. The van der Waals surface area contributed by atoms with Gasteiger partial charge in [0, 0.05) is 5.69 Å². The lowest BCUT2D eigenvalue weighted by atomic mass is 10.1. The number of nitrogens with one attached hydrogen (secondary N) is 1. The molecule has 4 heteroatoms. The Balaban J connectivity index is 1.18. The molecule has 0 aliphatic heterocycles. The van der Waals surface area contributed by atoms with Crippen LogP contribution in [0, 0.1) is 0 Å². The molecule has 0 fully saturated rings. The fourth-order valence-electron chi connectivity index (χ4n) is 3.47.